The van der Waals surface area contributed by atoms with Gasteiger partial charge in [0.05, 0.1) is 5.57 Å². The van der Waals surface area contributed by atoms with E-state index in [1.165, 1.54) is 6.08 Å². The van der Waals surface area contributed by atoms with Crippen molar-refractivity contribution in [2.24, 2.45) is 11.8 Å². The summed E-state index contributed by atoms with van der Waals surface area (Å²) in [6.45, 7) is 33.0. The van der Waals surface area contributed by atoms with E-state index in [0.717, 1.165) is 25.3 Å². The van der Waals surface area contributed by atoms with Crippen LogP contribution in [0.4, 0.5) is 26.3 Å². The average molecular weight is 565 g/mol. The molecule has 0 saturated carbocycles. The topological polar surface area (TPSA) is 9.23 Å². The van der Waals surface area contributed by atoms with Crippen molar-refractivity contribution < 1.29 is 31.1 Å². The molecule has 0 radical (unpaired) electrons. The number of alkyl halides is 2. The molecule has 0 aliphatic heterocycles. The highest BCUT2D eigenvalue weighted by atomic mass is 19.3. The van der Waals surface area contributed by atoms with Crippen molar-refractivity contribution in [2.45, 2.75) is 46.1 Å². The van der Waals surface area contributed by atoms with Crippen molar-refractivity contribution in [3.63, 3.8) is 0 Å². The summed E-state index contributed by atoms with van der Waals surface area (Å²) in [6.07, 6.45) is 3.31. The van der Waals surface area contributed by atoms with Crippen molar-refractivity contribution in [1.29, 1.82) is 0 Å². The molecule has 0 bridgehead atoms. The van der Waals surface area contributed by atoms with Gasteiger partial charge < -0.3 is 4.74 Å². The van der Waals surface area contributed by atoms with Gasteiger partial charge >= 0.3 is 6.11 Å². The second-order valence-electron chi connectivity index (χ2n) is 9.40. The zero-order chi connectivity index (χ0) is 31.4. The smallest absolute Gasteiger partial charge is 0.426 e. The highest BCUT2D eigenvalue weighted by molar-refractivity contribution is 5.54. The van der Waals surface area contributed by atoms with Gasteiger partial charge in [0, 0.05) is 17.2 Å². The summed E-state index contributed by atoms with van der Waals surface area (Å²) in [5.74, 6) is -5.18. The van der Waals surface area contributed by atoms with Crippen molar-refractivity contribution in [3.05, 3.63) is 146 Å². The Kier molecular flexibility index (Phi) is 14.9. The molecule has 0 aromatic rings. The molecule has 0 aromatic heterocycles. The molecule has 0 aromatic carbocycles. The summed E-state index contributed by atoms with van der Waals surface area (Å²) in [5.41, 5.74) is -1.61. The lowest BCUT2D eigenvalue weighted by Crippen LogP contribution is -2.21. The Morgan fingerprint density at radius 1 is 0.725 bits per heavy atom. The van der Waals surface area contributed by atoms with E-state index in [1.807, 2.05) is 6.92 Å². The highest BCUT2D eigenvalue weighted by Crippen LogP contribution is 2.31. The molecule has 1 nitrogen and oxygen atoms in total. The molecule has 0 fully saturated rings. The first-order valence-electron chi connectivity index (χ1n) is 12.4. The van der Waals surface area contributed by atoms with Crippen LogP contribution in [0.25, 0.3) is 0 Å². The van der Waals surface area contributed by atoms with Gasteiger partial charge in [0.1, 0.15) is 17.4 Å². The first-order valence-corrected chi connectivity index (χ1v) is 12.4. The third-order valence-electron chi connectivity index (χ3n) is 6.05. The first-order chi connectivity index (χ1) is 18.3. The highest BCUT2D eigenvalue weighted by Gasteiger charge is 2.34. The van der Waals surface area contributed by atoms with Crippen LogP contribution >= 0.6 is 0 Å². The lowest BCUT2D eigenvalue weighted by atomic mass is 9.91. The van der Waals surface area contributed by atoms with Gasteiger partial charge in [-0.2, -0.15) is 8.78 Å². The number of rotatable bonds is 18. The Balaban J connectivity index is 5.32. The van der Waals surface area contributed by atoms with Crippen LogP contribution in [0.2, 0.25) is 0 Å². The molecule has 0 rings (SSSR count). The molecule has 0 aliphatic rings. The molecule has 7 heteroatoms. The zero-order valence-electron chi connectivity index (χ0n) is 23.5. The van der Waals surface area contributed by atoms with Crippen LogP contribution in [0.3, 0.4) is 0 Å². The van der Waals surface area contributed by atoms with E-state index < -0.39 is 51.9 Å². The van der Waals surface area contributed by atoms with Gasteiger partial charge in [-0.15, -0.1) is 0 Å². The van der Waals surface area contributed by atoms with E-state index in [1.54, 1.807) is 0 Å². The Morgan fingerprint density at radius 2 is 1.20 bits per heavy atom. The SMILES string of the molecule is C=C(/C=C(/F)C(=C)C(=C)/C=C(/F)C(=C)C(=C)/C=C(/F)C(=C)F)OC(F)(F)C(=C)/C=C\C(=C)C(C)CCC(C)CC. The molecule has 0 heterocycles. The van der Waals surface area contributed by atoms with Gasteiger partial charge in [0.2, 0.25) is 0 Å². The second kappa shape index (κ2) is 16.4. The maximum atomic E-state index is 14.6. The summed E-state index contributed by atoms with van der Waals surface area (Å²) in [7, 11) is 0. The lowest BCUT2D eigenvalue weighted by molar-refractivity contribution is -0.175. The molecular weight excluding hydrogens is 526 g/mol. The molecule has 0 spiro atoms. The zero-order valence-corrected chi connectivity index (χ0v) is 23.5. The molecule has 2 atom stereocenters. The number of halogens is 6. The predicted molar refractivity (Wildman–Crippen MR) is 155 cm³/mol. The van der Waals surface area contributed by atoms with Crippen LogP contribution in [-0.4, -0.2) is 6.11 Å². The lowest BCUT2D eigenvalue weighted by Gasteiger charge is -2.19. The largest absolute Gasteiger partial charge is 0.429 e. The predicted octanol–water partition coefficient (Wildman–Crippen LogP) is 11.5. The van der Waals surface area contributed by atoms with Gasteiger partial charge in [0.25, 0.3) is 0 Å². The Hall–Kier alpha value is -3.74. The van der Waals surface area contributed by atoms with Crippen LogP contribution in [0.15, 0.2) is 146 Å². The fourth-order valence-electron chi connectivity index (χ4n) is 2.83. The molecule has 2 unspecified atom stereocenters. The molecule has 0 amide bonds. The number of hydrogen-bond donors (Lipinski definition) is 0. The summed E-state index contributed by atoms with van der Waals surface area (Å²) in [4.78, 5) is 0. The van der Waals surface area contributed by atoms with Crippen molar-refractivity contribution in [2.75, 3.05) is 0 Å². The van der Waals surface area contributed by atoms with E-state index in [4.69, 9.17) is 0 Å². The minimum atomic E-state index is -3.92. The standard InChI is InChI=1S/C33H38F6O/c1-12-20(2)13-14-21(3)22(4)15-16-25(7)33(38,39)40-26(8)19-31(36)28(10)23(5)17-30(35)27(9)24(6)18-32(37)29(11)34/h15-21H,4-14H2,1-3H3/b16-15-,30-17+,31-19+,32-18+. The average Bonchev–Trinajstić information content (AvgIpc) is 2.87. The molecule has 0 saturated heterocycles. The van der Waals surface area contributed by atoms with E-state index in [0.29, 0.717) is 29.7 Å². The van der Waals surface area contributed by atoms with Gasteiger partial charge in [-0.1, -0.05) is 97.9 Å². The number of hydrogen-bond acceptors (Lipinski definition) is 1. The fourth-order valence-corrected chi connectivity index (χ4v) is 2.83. The summed E-state index contributed by atoms with van der Waals surface area (Å²) in [6, 6.07) is 0. The van der Waals surface area contributed by atoms with Crippen LogP contribution in [0, 0.1) is 11.8 Å². The first kappa shape index (κ1) is 36.3. The van der Waals surface area contributed by atoms with Crippen LogP contribution in [0.1, 0.15) is 40.0 Å². The van der Waals surface area contributed by atoms with Gasteiger partial charge in [0.15, 0.2) is 11.7 Å². The molecular formula is C33H38F6O. The Bertz CT molecular complexity index is 1190. The third-order valence-corrected chi connectivity index (χ3v) is 6.05. The van der Waals surface area contributed by atoms with Crippen molar-refractivity contribution in [1.82, 2.24) is 0 Å². The van der Waals surface area contributed by atoms with E-state index >= 15 is 0 Å². The summed E-state index contributed by atoms with van der Waals surface area (Å²) in [5, 5.41) is 0. The third kappa shape index (κ3) is 12.4. The number of ether oxygens (including phenoxy) is 1. The van der Waals surface area contributed by atoms with Gasteiger partial charge in [-0.05, 0) is 47.6 Å². The number of allylic oxidation sites excluding steroid dienone is 13. The molecule has 218 valence electrons. The molecule has 40 heavy (non-hydrogen) atoms. The Morgan fingerprint density at radius 3 is 1.68 bits per heavy atom. The quantitative estimate of drug-likeness (QED) is 0.0914. The molecule has 0 N–H and O–H groups in total. The monoisotopic (exact) mass is 564 g/mol. The second-order valence-corrected chi connectivity index (χ2v) is 9.40. The Labute approximate surface area is 234 Å². The molecule has 0 aliphatic carbocycles. The van der Waals surface area contributed by atoms with Gasteiger partial charge in [-0.3, -0.25) is 0 Å². The normalized spacial score (nSPS) is 14.4. The maximum Gasteiger partial charge on any atom is 0.426 e. The minimum absolute atomic E-state index is 0.0839. The maximum absolute atomic E-state index is 14.6. The van der Waals surface area contributed by atoms with Crippen LogP contribution in [0.5, 0.6) is 0 Å². The van der Waals surface area contributed by atoms with Crippen molar-refractivity contribution >= 4 is 0 Å². The van der Waals surface area contributed by atoms with E-state index in [9.17, 15) is 26.3 Å². The summed E-state index contributed by atoms with van der Waals surface area (Å²) >= 11 is 0. The van der Waals surface area contributed by atoms with E-state index in [2.05, 4.69) is 71.2 Å². The fraction of sp³-hybridized carbons (Fsp3) is 0.273. The van der Waals surface area contributed by atoms with Crippen LogP contribution < -0.4 is 0 Å². The minimum Gasteiger partial charge on any atom is -0.429 e. The van der Waals surface area contributed by atoms with E-state index in [-0.39, 0.29) is 17.1 Å². The van der Waals surface area contributed by atoms with Crippen LogP contribution in [-0.2, 0) is 4.74 Å². The summed E-state index contributed by atoms with van der Waals surface area (Å²) < 4.78 is 88.7. The van der Waals surface area contributed by atoms with Gasteiger partial charge in [-0.25, -0.2) is 17.6 Å². The van der Waals surface area contributed by atoms with Crippen molar-refractivity contribution in [3.8, 4) is 0 Å².